The Balaban J connectivity index is 2.12. The summed E-state index contributed by atoms with van der Waals surface area (Å²) in [5, 5.41) is 8.88. The fourth-order valence-electron chi connectivity index (χ4n) is 2.40. The van der Waals surface area contributed by atoms with E-state index in [0.717, 1.165) is 12.8 Å². The summed E-state index contributed by atoms with van der Waals surface area (Å²) < 4.78 is 5.68. The number of carboxylic acid groups (broad SMARTS) is 1. The summed E-state index contributed by atoms with van der Waals surface area (Å²) in [5.41, 5.74) is 0.547. The van der Waals surface area contributed by atoms with Gasteiger partial charge in [-0.2, -0.15) is 0 Å². The molecule has 2 aromatic rings. The molecule has 0 aliphatic heterocycles. The average molecular weight is 326 g/mol. The topological polar surface area (TPSA) is 63.6 Å². The second kappa shape index (κ2) is 7.30. The summed E-state index contributed by atoms with van der Waals surface area (Å²) in [6.07, 6.45) is 1.60. The van der Waals surface area contributed by atoms with Crippen LogP contribution in [0.4, 0.5) is 0 Å². The highest BCUT2D eigenvalue weighted by Crippen LogP contribution is 2.31. The molecule has 2 rings (SSSR count). The van der Waals surface area contributed by atoms with Gasteiger partial charge in [-0.3, -0.25) is 4.79 Å². The van der Waals surface area contributed by atoms with Crippen LogP contribution in [-0.4, -0.2) is 16.9 Å². The van der Waals surface area contributed by atoms with Crippen LogP contribution in [0.5, 0.6) is 11.5 Å². The van der Waals surface area contributed by atoms with Crippen molar-refractivity contribution in [2.24, 2.45) is 5.41 Å². The third-order valence-electron chi connectivity index (χ3n) is 4.56. The van der Waals surface area contributed by atoms with Crippen molar-refractivity contribution in [3.8, 4) is 11.5 Å². The molecule has 0 saturated heterocycles. The maximum Gasteiger partial charge on any atom is 0.335 e. The Morgan fingerprint density at radius 1 is 0.875 bits per heavy atom. The number of hydrogen-bond donors (Lipinski definition) is 1. The average Bonchev–Trinajstić information content (AvgIpc) is 2.61. The van der Waals surface area contributed by atoms with Crippen molar-refractivity contribution in [3.63, 3.8) is 0 Å². The first-order chi connectivity index (χ1) is 11.4. The van der Waals surface area contributed by atoms with Crippen LogP contribution in [0.3, 0.4) is 0 Å². The van der Waals surface area contributed by atoms with Gasteiger partial charge < -0.3 is 9.84 Å². The lowest BCUT2D eigenvalue weighted by Gasteiger charge is -2.24. The molecule has 24 heavy (non-hydrogen) atoms. The van der Waals surface area contributed by atoms with Crippen LogP contribution in [0.25, 0.3) is 0 Å². The SMILES string of the molecule is CCC(C)(CC)C(=O)c1ccc(Oc2ccc(C(=O)O)cc2)cc1. The summed E-state index contributed by atoms with van der Waals surface area (Å²) in [7, 11) is 0. The number of Topliss-reactive ketones (excluding diaryl/α,β-unsaturated/α-hetero) is 1. The molecule has 0 aliphatic carbocycles. The molecule has 0 radical (unpaired) electrons. The molecule has 0 spiro atoms. The highest BCUT2D eigenvalue weighted by molar-refractivity contribution is 6.00. The van der Waals surface area contributed by atoms with Gasteiger partial charge in [0, 0.05) is 11.0 Å². The van der Waals surface area contributed by atoms with E-state index < -0.39 is 5.97 Å². The first-order valence-electron chi connectivity index (χ1n) is 8.05. The molecule has 0 aromatic heterocycles. The first kappa shape index (κ1) is 17.7. The fraction of sp³-hybridized carbons (Fsp3) is 0.300. The molecular weight excluding hydrogens is 304 g/mol. The van der Waals surface area contributed by atoms with Crippen molar-refractivity contribution in [2.45, 2.75) is 33.6 Å². The Morgan fingerprint density at radius 2 is 1.29 bits per heavy atom. The van der Waals surface area contributed by atoms with E-state index in [1.165, 1.54) is 12.1 Å². The van der Waals surface area contributed by atoms with Crippen LogP contribution < -0.4 is 4.74 Å². The zero-order valence-corrected chi connectivity index (χ0v) is 14.2. The number of ether oxygens (including phenoxy) is 1. The van der Waals surface area contributed by atoms with Gasteiger partial charge in [-0.25, -0.2) is 4.79 Å². The van der Waals surface area contributed by atoms with Gasteiger partial charge >= 0.3 is 5.97 Å². The van der Waals surface area contributed by atoms with E-state index in [9.17, 15) is 9.59 Å². The van der Waals surface area contributed by atoms with Crippen LogP contribution >= 0.6 is 0 Å². The van der Waals surface area contributed by atoms with Crippen LogP contribution in [0.15, 0.2) is 48.5 Å². The van der Waals surface area contributed by atoms with Crippen molar-refractivity contribution >= 4 is 11.8 Å². The molecule has 1 N–H and O–H groups in total. The molecule has 0 bridgehead atoms. The molecule has 4 nitrogen and oxygen atoms in total. The number of ketones is 1. The summed E-state index contributed by atoms with van der Waals surface area (Å²) >= 11 is 0. The van der Waals surface area contributed by atoms with E-state index in [0.29, 0.717) is 17.1 Å². The first-order valence-corrected chi connectivity index (χ1v) is 8.05. The van der Waals surface area contributed by atoms with Gasteiger partial charge in [0.15, 0.2) is 5.78 Å². The van der Waals surface area contributed by atoms with Gasteiger partial charge in [0.1, 0.15) is 11.5 Å². The quantitative estimate of drug-likeness (QED) is 0.711. The summed E-state index contributed by atoms with van der Waals surface area (Å²) in [4.78, 5) is 23.4. The number of benzene rings is 2. The normalized spacial score (nSPS) is 11.1. The minimum atomic E-state index is -0.973. The minimum absolute atomic E-state index is 0.143. The second-order valence-electron chi connectivity index (χ2n) is 6.05. The van der Waals surface area contributed by atoms with Crippen molar-refractivity contribution < 1.29 is 19.4 Å². The maximum absolute atomic E-state index is 12.6. The van der Waals surface area contributed by atoms with Crippen LogP contribution in [0, 0.1) is 5.41 Å². The van der Waals surface area contributed by atoms with Crippen molar-refractivity contribution in [1.82, 2.24) is 0 Å². The Labute approximate surface area is 142 Å². The van der Waals surface area contributed by atoms with Crippen LogP contribution in [0.1, 0.15) is 54.3 Å². The van der Waals surface area contributed by atoms with E-state index in [-0.39, 0.29) is 16.8 Å². The van der Waals surface area contributed by atoms with Crippen LogP contribution in [0.2, 0.25) is 0 Å². The van der Waals surface area contributed by atoms with Gasteiger partial charge in [0.25, 0.3) is 0 Å². The number of hydrogen-bond acceptors (Lipinski definition) is 3. The standard InChI is InChI=1S/C20H22O4/c1-4-20(3,5-2)18(21)14-6-10-16(11-7-14)24-17-12-8-15(9-13-17)19(22)23/h6-13H,4-5H2,1-3H3,(H,22,23). The number of carboxylic acids is 1. The van der Waals surface area contributed by atoms with Gasteiger partial charge in [-0.05, 0) is 61.4 Å². The number of aromatic carboxylic acids is 1. The van der Waals surface area contributed by atoms with Gasteiger partial charge in [0.2, 0.25) is 0 Å². The molecule has 0 atom stereocenters. The molecule has 0 saturated carbocycles. The van der Waals surface area contributed by atoms with E-state index in [1.54, 1.807) is 36.4 Å². The lowest BCUT2D eigenvalue weighted by Crippen LogP contribution is -2.26. The third kappa shape index (κ3) is 3.82. The monoisotopic (exact) mass is 326 g/mol. The van der Waals surface area contributed by atoms with Gasteiger partial charge in [-0.15, -0.1) is 0 Å². The molecule has 0 fully saturated rings. The van der Waals surface area contributed by atoms with Crippen molar-refractivity contribution in [1.29, 1.82) is 0 Å². The van der Waals surface area contributed by atoms with Crippen molar-refractivity contribution in [3.05, 3.63) is 59.7 Å². The second-order valence-corrected chi connectivity index (χ2v) is 6.05. The van der Waals surface area contributed by atoms with E-state index in [1.807, 2.05) is 20.8 Å². The highest BCUT2D eigenvalue weighted by atomic mass is 16.5. The maximum atomic E-state index is 12.6. The van der Waals surface area contributed by atoms with Crippen LogP contribution in [-0.2, 0) is 0 Å². The van der Waals surface area contributed by atoms with Gasteiger partial charge in [0.05, 0.1) is 5.56 Å². The molecule has 4 heteroatoms. The van der Waals surface area contributed by atoms with Crippen molar-refractivity contribution in [2.75, 3.05) is 0 Å². The number of carbonyl (C=O) groups excluding carboxylic acids is 1. The fourth-order valence-corrected chi connectivity index (χ4v) is 2.40. The summed E-state index contributed by atoms with van der Waals surface area (Å²) in [5.74, 6) is 0.319. The molecule has 0 unspecified atom stereocenters. The molecule has 2 aromatic carbocycles. The Hall–Kier alpha value is -2.62. The summed E-state index contributed by atoms with van der Waals surface area (Å²) in [6, 6.07) is 13.2. The molecular formula is C20H22O4. The lowest BCUT2D eigenvalue weighted by molar-refractivity contribution is 0.0696. The predicted octanol–water partition coefficient (Wildman–Crippen LogP) is 5.19. The molecule has 0 aliphatic rings. The molecule has 0 amide bonds. The highest BCUT2D eigenvalue weighted by Gasteiger charge is 2.29. The zero-order valence-electron chi connectivity index (χ0n) is 14.2. The lowest BCUT2D eigenvalue weighted by atomic mass is 9.78. The van der Waals surface area contributed by atoms with E-state index in [4.69, 9.17) is 9.84 Å². The van der Waals surface area contributed by atoms with Gasteiger partial charge in [-0.1, -0.05) is 20.8 Å². The predicted molar refractivity (Wildman–Crippen MR) is 92.9 cm³/mol. The summed E-state index contributed by atoms with van der Waals surface area (Å²) in [6.45, 7) is 6.04. The number of rotatable bonds is 7. The molecule has 0 heterocycles. The Kier molecular flexibility index (Phi) is 5.39. The van der Waals surface area contributed by atoms with E-state index >= 15 is 0 Å². The third-order valence-corrected chi connectivity index (χ3v) is 4.56. The Morgan fingerprint density at radius 3 is 1.67 bits per heavy atom. The Bertz CT molecular complexity index is 710. The zero-order chi connectivity index (χ0) is 17.7. The minimum Gasteiger partial charge on any atom is -0.478 e. The largest absolute Gasteiger partial charge is 0.478 e. The smallest absolute Gasteiger partial charge is 0.335 e. The van der Waals surface area contributed by atoms with E-state index in [2.05, 4.69) is 0 Å². The molecule has 126 valence electrons. The number of carbonyl (C=O) groups is 2.